The van der Waals surface area contributed by atoms with E-state index in [1.807, 2.05) is 13.0 Å². The minimum absolute atomic E-state index is 0.158. The first kappa shape index (κ1) is 17.8. The highest BCUT2D eigenvalue weighted by Gasteiger charge is 2.13. The van der Waals surface area contributed by atoms with E-state index in [1.54, 1.807) is 30.3 Å². The highest BCUT2D eigenvalue weighted by molar-refractivity contribution is 6.33. The summed E-state index contributed by atoms with van der Waals surface area (Å²) >= 11 is 6.08. The molecule has 6 heteroatoms. The van der Waals surface area contributed by atoms with E-state index in [0.717, 1.165) is 5.56 Å². The third kappa shape index (κ3) is 4.49. The fraction of sp³-hybridized carbons (Fsp3) is 0.222. The maximum absolute atomic E-state index is 12.0. The van der Waals surface area contributed by atoms with Crippen molar-refractivity contribution in [3.63, 3.8) is 0 Å². The van der Waals surface area contributed by atoms with Crippen molar-refractivity contribution in [1.82, 2.24) is 0 Å². The van der Waals surface area contributed by atoms with E-state index in [0.29, 0.717) is 27.8 Å². The molecule has 2 aromatic carbocycles. The highest BCUT2D eigenvalue weighted by atomic mass is 35.5. The molecule has 0 aliphatic rings. The molecule has 24 heavy (non-hydrogen) atoms. The van der Waals surface area contributed by atoms with Gasteiger partial charge in [0.05, 0.1) is 23.4 Å². The summed E-state index contributed by atoms with van der Waals surface area (Å²) in [6, 6.07) is 10.2. The molecule has 5 nitrogen and oxygen atoms in total. The van der Waals surface area contributed by atoms with Gasteiger partial charge in [0.15, 0.2) is 12.4 Å². The number of amides is 1. The maximum atomic E-state index is 12.0. The molecule has 2 aromatic rings. The zero-order valence-corrected chi connectivity index (χ0v) is 14.4. The van der Waals surface area contributed by atoms with Crippen molar-refractivity contribution in [2.24, 2.45) is 0 Å². The van der Waals surface area contributed by atoms with Gasteiger partial charge in [-0.15, -0.1) is 0 Å². The van der Waals surface area contributed by atoms with Crippen LogP contribution in [0.2, 0.25) is 5.02 Å². The van der Waals surface area contributed by atoms with Crippen molar-refractivity contribution < 1.29 is 19.1 Å². The summed E-state index contributed by atoms with van der Waals surface area (Å²) in [5.74, 6) is 0.303. The molecule has 0 aromatic heterocycles. The van der Waals surface area contributed by atoms with Crippen LogP contribution in [0.4, 0.5) is 5.69 Å². The van der Waals surface area contributed by atoms with Crippen LogP contribution >= 0.6 is 11.6 Å². The molecule has 0 heterocycles. The maximum Gasteiger partial charge on any atom is 0.262 e. The number of Topliss-reactive ketones (excluding diaryl/α,β-unsaturated/α-hetero) is 1. The van der Waals surface area contributed by atoms with E-state index in [2.05, 4.69) is 5.32 Å². The Hall–Kier alpha value is -2.53. The molecule has 0 saturated heterocycles. The van der Waals surface area contributed by atoms with Gasteiger partial charge in [0.2, 0.25) is 0 Å². The number of hydrogen-bond acceptors (Lipinski definition) is 4. The Bertz CT molecular complexity index is 774. The first-order valence-electron chi connectivity index (χ1n) is 7.28. The molecule has 2 rings (SSSR count). The van der Waals surface area contributed by atoms with Crippen molar-refractivity contribution in [3.8, 4) is 11.5 Å². The lowest BCUT2D eigenvalue weighted by atomic mass is 10.1. The van der Waals surface area contributed by atoms with Gasteiger partial charge in [0.25, 0.3) is 5.91 Å². The van der Waals surface area contributed by atoms with E-state index in [1.165, 1.54) is 14.0 Å². The molecule has 0 fully saturated rings. The number of carbonyl (C=O) groups excluding carboxylic acids is 2. The lowest BCUT2D eigenvalue weighted by Gasteiger charge is -2.12. The number of aryl methyl sites for hydroxylation is 1. The second-order valence-electron chi connectivity index (χ2n) is 5.24. The van der Waals surface area contributed by atoms with Gasteiger partial charge in [-0.3, -0.25) is 9.59 Å². The number of rotatable bonds is 6. The predicted octanol–water partition coefficient (Wildman–Crippen LogP) is 3.88. The zero-order chi connectivity index (χ0) is 17.7. The number of methoxy groups -OCH3 is 1. The third-order valence-corrected chi connectivity index (χ3v) is 3.64. The Kier molecular flexibility index (Phi) is 5.82. The zero-order valence-electron chi connectivity index (χ0n) is 13.7. The van der Waals surface area contributed by atoms with Crippen LogP contribution in [0, 0.1) is 6.92 Å². The van der Waals surface area contributed by atoms with Crippen LogP contribution < -0.4 is 14.8 Å². The van der Waals surface area contributed by atoms with Gasteiger partial charge in [0, 0.05) is 6.07 Å². The van der Waals surface area contributed by atoms with Crippen molar-refractivity contribution in [3.05, 3.63) is 52.5 Å². The number of nitrogens with one attached hydrogen (secondary N) is 1. The SMILES string of the molecule is COc1ccc(C(C)=O)c(OCC(=O)Nc2ccc(C)cc2Cl)c1. The molecule has 0 saturated carbocycles. The quantitative estimate of drug-likeness (QED) is 0.805. The van der Waals surface area contributed by atoms with Crippen LogP contribution in [0.5, 0.6) is 11.5 Å². The highest BCUT2D eigenvalue weighted by Crippen LogP contribution is 2.26. The average Bonchev–Trinajstić information content (AvgIpc) is 2.55. The van der Waals surface area contributed by atoms with Crippen molar-refractivity contribution in [2.75, 3.05) is 19.0 Å². The van der Waals surface area contributed by atoms with Gasteiger partial charge < -0.3 is 14.8 Å². The van der Waals surface area contributed by atoms with E-state index >= 15 is 0 Å². The van der Waals surface area contributed by atoms with Gasteiger partial charge in [-0.1, -0.05) is 17.7 Å². The van der Waals surface area contributed by atoms with E-state index in [-0.39, 0.29) is 18.3 Å². The predicted molar refractivity (Wildman–Crippen MR) is 93.3 cm³/mol. The van der Waals surface area contributed by atoms with Crippen LogP contribution in [0.3, 0.4) is 0 Å². The lowest BCUT2D eigenvalue weighted by Crippen LogP contribution is -2.21. The number of ether oxygens (including phenoxy) is 2. The van der Waals surface area contributed by atoms with Crippen molar-refractivity contribution >= 4 is 29.0 Å². The molecule has 0 bridgehead atoms. The molecular weight excluding hydrogens is 330 g/mol. The lowest BCUT2D eigenvalue weighted by molar-refractivity contribution is -0.118. The van der Waals surface area contributed by atoms with Crippen LogP contribution in [0.1, 0.15) is 22.8 Å². The van der Waals surface area contributed by atoms with E-state index in [9.17, 15) is 9.59 Å². The van der Waals surface area contributed by atoms with E-state index in [4.69, 9.17) is 21.1 Å². The molecule has 0 atom stereocenters. The molecule has 0 unspecified atom stereocenters. The van der Waals surface area contributed by atoms with Crippen molar-refractivity contribution in [2.45, 2.75) is 13.8 Å². The molecule has 126 valence electrons. The Balaban J connectivity index is 2.07. The Labute approximate surface area is 145 Å². The largest absolute Gasteiger partial charge is 0.497 e. The number of carbonyl (C=O) groups is 2. The van der Waals surface area contributed by atoms with E-state index < -0.39 is 0 Å². The summed E-state index contributed by atoms with van der Waals surface area (Å²) in [6.45, 7) is 3.09. The number of ketones is 1. The number of halogens is 1. The van der Waals surface area contributed by atoms with Crippen LogP contribution in [0.25, 0.3) is 0 Å². The molecule has 0 spiro atoms. The normalized spacial score (nSPS) is 10.2. The van der Waals surface area contributed by atoms with Crippen molar-refractivity contribution in [1.29, 1.82) is 0 Å². The fourth-order valence-electron chi connectivity index (χ4n) is 2.09. The minimum atomic E-state index is -0.377. The number of hydrogen-bond donors (Lipinski definition) is 1. The first-order chi connectivity index (χ1) is 11.4. The minimum Gasteiger partial charge on any atom is -0.497 e. The fourth-order valence-corrected chi connectivity index (χ4v) is 2.37. The number of benzene rings is 2. The van der Waals surface area contributed by atoms with Gasteiger partial charge in [0.1, 0.15) is 11.5 Å². The summed E-state index contributed by atoms with van der Waals surface area (Å²) in [6.07, 6.45) is 0. The third-order valence-electron chi connectivity index (χ3n) is 3.33. The molecular formula is C18H18ClNO4. The average molecular weight is 348 g/mol. The Morgan fingerprint density at radius 3 is 2.54 bits per heavy atom. The second-order valence-corrected chi connectivity index (χ2v) is 5.65. The van der Waals surface area contributed by atoms with Gasteiger partial charge >= 0.3 is 0 Å². The standard InChI is InChI=1S/C18H18ClNO4/c1-11-4-7-16(15(19)8-11)20-18(22)10-24-17-9-13(23-3)5-6-14(17)12(2)21/h4-9H,10H2,1-3H3,(H,20,22). The second kappa shape index (κ2) is 7.84. The smallest absolute Gasteiger partial charge is 0.262 e. The van der Waals surface area contributed by atoms with Crippen LogP contribution in [-0.4, -0.2) is 25.4 Å². The monoisotopic (exact) mass is 347 g/mol. The molecule has 0 aliphatic carbocycles. The first-order valence-corrected chi connectivity index (χ1v) is 7.66. The summed E-state index contributed by atoms with van der Waals surface area (Å²) in [7, 11) is 1.51. The van der Waals surface area contributed by atoms with Gasteiger partial charge in [-0.25, -0.2) is 0 Å². The molecule has 1 amide bonds. The van der Waals surface area contributed by atoms with Crippen LogP contribution in [0.15, 0.2) is 36.4 Å². The van der Waals surface area contributed by atoms with Crippen LogP contribution in [-0.2, 0) is 4.79 Å². The topological polar surface area (TPSA) is 64.6 Å². The summed E-state index contributed by atoms with van der Waals surface area (Å²) < 4.78 is 10.6. The molecule has 0 radical (unpaired) electrons. The Morgan fingerprint density at radius 1 is 1.17 bits per heavy atom. The molecule has 1 N–H and O–H groups in total. The van der Waals surface area contributed by atoms with Gasteiger partial charge in [-0.05, 0) is 43.7 Å². The molecule has 0 aliphatic heterocycles. The van der Waals surface area contributed by atoms with Gasteiger partial charge in [-0.2, -0.15) is 0 Å². The summed E-state index contributed by atoms with van der Waals surface area (Å²) in [5.41, 5.74) is 1.89. The summed E-state index contributed by atoms with van der Waals surface area (Å²) in [5, 5.41) is 3.13. The number of anilines is 1. The summed E-state index contributed by atoms with van der Waals surface area (Å²) in [4.78, 5) is 23.7. The Morgan fingerprint density at radius 2 is 1.92 bits per heavy atom.